The van der Waals surface area contributed by atoms with Crippen LogP contribution in [0.3, 0.4) is 0 Å². The van der Waals surface area contributed by atoms with Gasteiger partial charge in [0.1, 0.15) is 0 Å². The monoisotopic (exact) mass is 476 g/mol. The molecule has 1 aromatic carbocycles. The topological polar surface area (TPSA) is 104 Å². The van der Waals surface area contributed by atoms with Crippen molar-refractivity contribution in [3.63, 3.8) is 0 Å². The number of esters is 2. The summed E-state index contributed by atoms with van der Waals surface area (Å²) in [6.45, 7) is -0.178. The number of fused-ring (bicyclic) bond motifs is 1. The first kappa shape index (κ1) is 24.4. The fourth-order valence-electron chi connectivity index (χ4n) is 4.66. The van der Waals surface area contributed by atoms with Gasteiger partial charge in [-0.25, -0.2) is 5.01 Å². The van der Waals surface area contributed by atoms with E-state index in [1.165, 1.54) is 33.5 Å². The van der Waals surface area contributed by atoms with Crippen molar-refractivity contribution in [2.45, 2.75) is 24.7 Å². The minimum Gasteiger partial charge on any atom is -0.493 e. The third-order valence-corrected chi connectivity index (χ3v) is 5.85. The second-order valence-corrected chi connectivity index (χ2v) is 7.31. The van der Waals surface area contributed by atoms with E-state index in [1.807, 2.05) is 0 Å². The van der Waals surface area contributed by atoms with Gasteiger partial charge in [0.15, 0.2) is 17.5 Å². The SMILES string of the molecule is COC(=O)C1(C(=O)OC)[C@H](c2cc(OC)c(OC)c(OC)c2)N2CCC(=O)N2[C@H]1C(F)(F)F. The Kier molecular flexibility index (Phi) is 6.37. The lowest BCUT2D eigenvalue weighted by Crippen LogP contribution is -2.59. The molecular weight excluding hydrogens is 453 g/mol. The molecule has 2 atom stereocenters. The molecule has 2 heterocycles. The summed E-state index contributed by atoms with van der Waals surface area (Å²) < 4.78 is 68.6. The Bertz CT molecular complexity index is 926. The van der Waals surface area contributed by atoms with Crippen molar-refractivity contribution in [2.75, 3.05) is 42.1 Å². The van der Waals surface area contributed by atoms with Gasteiger partial charge in [0.25, 0.3) is 0 Å². The largest absolute Gasteiger partial charge is 0.493 e. The molecule has 0 spiro atoms. The average molecular weight is 476 g/mol. The highest BCUT2D eigenvalue weighted by atomic mass is 19.4. The van der Waals surface area contributed by atoms with Crippen molar-refractivity contribution in [3.05, 3.63) is 17.7 Å². The lowest BCUT2D eigenvalue weighted by molar-refractivity contribution is -0.220. The van der Waals surface area contributed by atoms with Crippen LogP contribution in [0.2, 0.25) is 0 Å². The first-order valence-corrected chi connectivity index (χ1v) is 9.66. The number of carbonyl (C=O) groups is 3. The Morgan fingerprint density at radius 3 is 1.88 bits per heavy atom. The van der Waals surface area contributed by atoms with Crippen LogP contribution >= 0.6 is 0 Å². The first-order chi connectivity index (χ1) is 15.5. The highest BCUT2D eigenvalue weighted by Crippen LogP contribution is 2.59. The third-order valence-electron chi connectivity index (χ3n) is 5.85. The van der Waals surface area contributed by atoms with E-state index in [2.05, 4.69) is 0 Å². The lowest BCUT2D eigenvalue weighted by Gasteiger charge is -2.35. The van der Waals surface area contributed by atoms with Crippen molar-refractivity contribution in [2.24, 2.45) is 5.41 Å². The van der Waals surface area contributed by atoms with Crippen LogP contribution in [0.1, 0.15) is 18.0 Å². The van der Waals surface area contributed by atoms with Crippen LogP contribution in [0.25, 0.3) is 0 Å². The molecule has 0 aromatic heterocycles. The highest BCUT2D eigenvalue weighted by molar-refractivity contribution is 6.04. The molecule has 2 fully saturated rings. The molecule has 2 aliphatic heterocycles. The smallest absolute Gasteiger partial charge is 0.412 e. The molecule has 1 amide bonds. The number of benzene rings is 1. The van der Waals surface area contributed by atoms with Crippen molar-refractivity contribution >= 4 is 17.8 Å². The molecule has 0 unspecified atom stereocenters. The number of hydrogen-bond donors (Lipinski definition) is 0. The predicted octanol–water partition coefficient (Wildman–Crippen LogP) is 1.48. The molecule has 10 nitrogen and oxygen atoms in total. The molecular formula is C20H23F3N2O8. The van der Waals surface area contributed by atoms with Gasteiger partial charge in [0.05, 0.1) is 41.6 Å². The summed E-state index contributed by atoms with van der Waals surface area (Å²) in [5.74, 6) is -3.61. The van der Waals surface area contributed by atoms with Crippen LogP contribution in [0, 0.1) is 5.41 Å². The molecule has 13 heteroatoms. The number of ether oxygens (including phenoxy) is 5. The zero-order chi connectivity index (χ0) is 24.7. The van der Waals surface area contributed by atoms with Crippen LogP contribution in [-0.2, 0) is 23.9 Å². The zero-order valence-electron chi connectivity index (χ0n) is 18.5. The quantitative estimate of drug-likeness (QED) is 0.446. The van der Waals surface area contributed by atoms with Crippen LogP contribution < -0.4 is 14.2 Å². The van der Waals surface area contributed by atoms with Gasteiger partial charge in [0, 0.05) is 13.0 Å². The lowest BCUT2D eigenvalue weighted by atomic mass is 9.71. The maximum atomic E-state index is 14.5. The standard InChI is InChI=1S/C20H23F3N2O8/c1-29-11-8-10(9-12(30-2)14(11)31-3)15-19(17(27)32-4,18(28)33-5)16(20(21,22)23)25-13(26)6-7-24(15)25/h8-9,15-16H,6-7H2,1-5H3/t15-,16+/m0/s1. The zero-order valence-corrected chi connectivity index (χ0v) is 18.5. The molecule has 0 aliphatic carbocycles. The van der Waals surface area contributed by atoms with E-state index in [1.54, 1.807) is 0 Å². The predicted molar refractivity (Wildman–Crippen MR) is 103 cm³/mol. The average Bonchev–Trinajstić information content (AvgIpc) is 3.31. The second kappa shape index (κ2) is 8.61. The normalized spacial score (nSPS) is 22.1. The molecule has 1 aromatic rings. The van der Waals surface area contributed by atoms with E-state index in [0.717, 1.165) is 19.2 Å². The van der Waals surface area contributed by atoms with E-state index < -0.39 is 41.5 Å². The van der Waals surface area contributed by atoms with Gasteiger partial charge in [-0.1, -0.05) is 0 Å². The fraction of sp³-hybridized carbons (Fsp3) is 0.550. The second-order valence-electron chi connectivity index (χ2n) is 7.31. The Morgan fingerprint density at radius 2 is 1.48 bits per heavy atom. The van der Waals surface area contributed by atoms with Crippen LogP contribution in [0.4, 0.5) is 13.2 Å². The maximum absolute atomic E-state index is 14.5. The number of hydrogen-bond acceptors (Lipinski definition) is 9. The number of alkyl halides is 3. The molecule has 2 saturated heterocycles. The van der Waals surface area contributed by atoms with E-state index in [4.69, 9.17) is 23.7 Å². The summed E-state index contributed by atoms with van der Waals surface area (Å²) >= 11 is 0. The minimum atomic E-state index is -5.18. The fourth-order valence-corrected chi connectivity index (χ4v) is 4.66. The van der Waals surface area contributed by atoms with Gasteiger partial charge >= 0.3 is 18.1 Å². The van der Waals surface area contributed by atoms with Crippen molar-refractivity contribution in [1.82, 2.24) is 10.0 Å². The number of carbonyl (C=O) groups excluding carboxylic acids is 3. The Balaban J connectivity index is 2.42. The van der Waals surface area contributed by atoms with Crippen molar-refractivity contribution in [1.29, 1.82) is 0 Å². The van der Waals surface area contributed by atoms with Gasteiger partial charge in [-0.05, 0) is 17.7 Å². The van der Waals surface area contributed by atoms with Crippen LogP contribution in [-0.4, -0.2) is 82.2 Å². The first-order valence-electron chi connectivity index (χ1n) is 9.66. The molecule has 0 saturated carbocycles. The molecule has 33 heavy (non-hydrogen) atoms. The maximum Gasteiger partial charge on any atom is 0.412 e. The highest BCUT2D eigenvalue weighted by Gasteiger charge is 2.78. The Morgan fingerprint density at radius 1 is 0.970 bits per heavy atom. The molecule has 2 aliphatic rings. The number of halogens is 3. The number of amides is 1. The molecule has 0 radical (unpaired) electrons. The van der Waals surface area contributed by atoms with Gasteiger partial charge in [-0.3, -0.25) is 19.4 Å². The van der Waals surface area contributed by atoms with Gasteiger partial charge in [-0.15, -0.1) is 0 Å². The minimum absolute atomic E-state index is 0.0201. The number of methoxy groups -OCH3 is 5. The van der Waals surface area contributed by atoms with E-state index in [-0.39, 0.29) is 35.8 Å². The van der Waals surface area contributed by atoms with Crippen LogP contribution in [0.15, 0.2) is 12.1 Å². The summed E-state index contributed by atoms with van der Waals surface area (Å²) in [6, 6.07) is -1.87. The number of hydrazine groups is 1. The summed E-state index contributed by atoms with van der Waals surface area (Å²) in [5, 5.41) is 1.44. The molecule has 3 rings (SSSR count). The van der Waals surface area contributed by atoms with Crippen molar-refractivity contribution < 1.29 is 51.2 Å². The number of nitrogens with zero attached hydrogens (tertiary/aromatic N) is 2. The summed E-state index contributed by atoms with van der Waals surface area (Å²) in [5.41, 5.74) is -2.96. The molecule has 0 bridgehead atoms. The summed E-state index contributed by atoms with van der Waals surface area (Å²) in [7, 11) is 5.64. The van der Waals surface area contributed by atoms with Gasteiger partial charge in [-0.2, -0.15) is 13.2 Å². The summed E-state index contributed by atoms with van der Waals surface area (Å²) in [6.07, 6.45) is -5.43. The van der Waals surface area contributed by atoms with Crippen LogP contribution in [0.5, 0.6) is 17.2 Å². The third kappa shape index (κ3) is 3.41. The summed E-state index contributed by atoms with van der Waals surface area (Å²) in [4.78, 5) is 38.7. The molecule has 0 N–H and O–H groups in total. The van der Waals surface area contributed by atoms with Crippen molar-refractivity contribution in [3.8, 4) is 17.2 Å². The van der Waals surface area contributed by atoms with Gasteiger partial charge in [0.2, 0.25) is 17.1 Å². The van der Waals surface area contributed by atoms with E-state index in [9.17, 15) is 27.6 Å². The Labute approximate surface area is 187 Å². The van der Waals surface area contributed by atoms with E-state index >= 15 is 0 Å². The van der Waals surface area contributed by atoms with Gasteiger partial charge < -0.3 is 23.7 Å². The molecule has 182 valence electrons. The Hall–Kier alpha value is -3.22. The van der Waals surface area contributed by atoms with E-state index in [0.29, 0.717) is 5.01 Å². The number of rotatable bonds is 6.